The Labute approximate surface area is 112 Å². The predicted molar refractivity (Wildman–Crippen MR) is 73.2 cm³/mol. The number of rotatable bonds is 7. The van der Waals surface area contributed by atoms with Gasteiger partial charge in [-0.25, -0.2) is 13.1 Å². The summed E-state index contributed by atoms with van der Waals surface area (Å²) in [6.07, 6.45) is 0.0994. The van der Waals surface area contributed by atoms with E-state index in [9.17, 15) is 8.42 Å². The molecule has 0 fully saturated rings. The van der Waals surface area contributed by atoms with E-state index >= 15 is 0 Å². The lowest BCUT2D eigenvalue weighted by atomic mass is 10.3. The molecule has 1 aromatic heterocycles. The zero-order chi connectivity index (χ0) is 13.8. The average molecular weight is 292 g/mol. The Bertz CT molecular complexity index is 480. The molecule has 0 saturated heterocycles. The number of thiophene rings is 1. The van der Waals surface area contributed by atoms with Crippen LogP contribution in [-0.4, -0.2) is 27.7 Å². The van der Waals surface area contributed by atoms with Crippen molar-refractivity contribution in [3.8, 4) is 0 Å². The second kappa shape index (κ2) is 6.63. The molecule has 0 amide bonds. The summed E-state index contributed by atoms with van der Waals surface area (Å²) >= 11 is 1.21. The summed E-state index contributed by atoms with van der Waals surface area (Å²) in [6.45, 7) is 6.68. The van der Waals surface area contributed by atoms with E-state index in [1.807, 2.05) is 20.8 Å². The average Bonchev–Trinajstić information content (AvgIpc) is 2.66. The first-order valence-electron chi connectivity index (χ1n) is 5.77. The largest absolute Gasteiger partial charge is 0.377 e. The summed E-state index contributed by atoms with van der Waals surface area (Å²) in [6, 6.07) is 1.65. The molecule has 0 aliphatic heterocycles. The van der Waals surface area contributed by atoms with Crippen LogP contribution in [0.15, 0.2) is 10.3 Å². The number of sulfonamides is 1. The van der Waals surface area contributed by atoms with Crippen LogP contribution in [0.25, 0.3) is 0 Å². The van der Waals surface area contributed by atoms with Gasteiger partial charge in [0.25, 0.3) is 0 Å². The van der Waals surface area contributed by atoms with Crippen LogP contribution < -0.4 is 10.5 Å². The molecule has 0 atom stereocenters. The van der Waals surface area contributed by atoms with E-state index < -0.39 is 10.0 Å². The third-order valence-electron chi connectivity index (χ3n) is 2.29. The summed E-state index contributed by atoms with van der Waals surface area (Å²) in [5.41, 5.74) is 6.46. The minimum Gasteiger partial charge on any atom is -0.377 e. The van der Waals surface area contributed by atoms with Gasteiger partial charge in [0.05, 0.1) is 12.7 Å². The number of ether oxygens (including phenoxy) is 1. The molecule has 0 spiro atoms. The Balaban J connectivity index is 2.62. The van der Waals surface area contributed by atoms with Crippen LogP contribution in [-0.2, 0) is 21.3 Å². The van der Waals surface area contributed by atoms with Crippen molar-refractivity contribution in [2.45, 2.75) is 37.6 Å². The molecule has 7 heteroatoms. The first-order chi connectivity index (χ1) is 8.36. The minimum absolute atomic E-state index is 0.0994. The molecule has 0 bridgehead atoms. The summed E-state index contributed by atoms with van der Waals surface area (Å²) in [4.78, 5) is 0.897. The van der Waals surface area contributed by atoms with E-state index in [-0.39, 0.29) is 12.6 Å². The van der Waals surface area contributed by atoms with E-state index in [0.29, 0.717) is 17.4 Å². The summed E-state index contributed by atoms with van der Waals surface area (Å²) in [7, 11) is -3.44. The van der Waals surface area contributed by atoms with Crippen LogP contribution in [0.4, 0.5) is 0 Å². The lowest BCUT2D eigenvalue weighted by Gasteiger charge is -2.08. The van der Waals surface area contributed by atoms with Crippen LogP contribution in [0.1, 0.15) is 24.3 Å². The van der Waals surface area contributed by atoms with E-state index in [2.05, 4.69) is 4.72 Å². The molecular weight excluding hydrogens is 272 g/mol. The highest BCUT2D eigenvalue weighted by molar-refractivity contribution is 7.91. The molecule has 104 valence electrons. The number of aryl methyl sites for hydroxylation is 1. The highest BCUT2D eigenvalue weighted by Crippen LogP contribution is 2.25. The molecule has 0 saturated carbocycles. The first kappa shape index (κ1) is 15.6. The molecule has 1 heterocycles. The van der Waals surface area contributed by atoms with Gasteiger partial charge in [0.1, 0.15) is 4.21 Å². The fraction of sp³-hybridized carbons (Fsp3) is 0.636. The monoisotopic (exact) mass is 292 g/mol. The third-order valence-corrected chi connectivity index (χ3v) is 5.49. The zero-order valence-electron chi connectivity index (χ0n) is 10.9. The van der Waals surface area contributed by atoms with Gasteiger partial charge in [-0.15, -0.1) is 11.3 Å². The Kier molecular flexibility index (Phi) is 5.74. The van der Waals surface area contributed by atoms with Crippen molar-refractivity contribution in [3.63, 3.8) is 0 Å². The Morgan fingerprint density at radius 2 is 2.17 bits per heavy atom. The molecule has 18 heavy (non-hydrogen) atoms. The van der Waals surface area contributed by atoms with Crippen LogP contribution >= 0.6 is 11.3 Å². The standard InChI is InChI=1S/C11H20N2O3S2/c1-8(2)16-5-4-13-18(14,15)11-6-9(3)10(7-12)17-11/h6,8,13H,4-5,7,12H2,1-3H3. The molecule has 1 aromatic rings. The quantitative estimate of drug-likeness (QED) is 0.740. The van der Waals surface area contributed by atoms with Gasteiger partial charge < -0.3 is 10.5 Å². The van der Waals surface area contributed by atoms with Crippen molar-refractivity contribution in [1.29, 1.82) is 0 Å². The molecule has 1 rings (SSSR count). The normalized spacial score (nSPS) is 12.3. The van der Waals surface area contributed by atoms with Crippen LogP contribution in [0.2, 0.25) is 0 Å². The number of hydrogen-bond acceptors (Lipinski definition) is 5. The van der Waals surface area contributed by atoms with Gasteiger partial charge in [-0.3, -0.25) is 0 Å². The molecule has 0 aliphatic carbocycles. The first-order valence-corrected chi connectivity index (χ1v) is 8.07. The predicted octanol–water partition coefficient (Wildman–Crippen LogP) is 1.22. The van der Waals surface area contributed by atoms with E-state index in [1.54, 1.807) is 6.07 Å². The zero-order valence-corrected chi connectivity index (χ0v) is 12.5. The fourth-order valence-electron chi connectivity index (χ4n) is 1.37. The summed E-state index contributed by atoms with van der Waals surface area (Å²) in [5, 5.41) is 0. The van der Waals surface area contributed by atoms with Gasteiger partial charge in [0.15, 0.2) is 0 Å². The van der Waals surface area contributed by atoms with E-state index in [0.717, 1.165) is 10.4 Å². The third kappa shape index (κ3) is 4.33. The van der Waals surface area contributed by atoms with Gasteiger partial charge in [-0.05, 0) is 32.4 Å². The maximum Gasteiger partial charge on any atom is 0.250 e. The smallest absolute Gasteiger partial charge is 0.250 e. The summed E-state index contributed by atoms with van der Waals surface area (Å²) in [5.74, 6) is 0. The maximum absolute atomic E-state index is 12.0. The van der Waals surface area contributed by atoms with Crippen molar-refractivity contribution >= 4 is 21.4 Å². The van der Waals surface area contributed by atoms with Gasteiger partial charge in [-0.2, -0.15) is 0 Å². The minimum atomic E-state index is -3.44. The molecule has 0 unspecified atom stereocenters. The molecule has 0 aromatic carbocycles. The van der Waals surface area contributed by atoms with Gasteiger partial charge >= 0.3 is 0 Å². The maximum atomic E-state index is 12.0. The van der Waals surface area contributed by atoms with Crippen LogP contribution in [0, 0.1) is 6.92 Å². The van der Waals surface area contributed by atoms with Crippen molar-refractivity contribution in [3.05, 3.63) is 16.5 Å². The van der Waals surface area contributed by atoms with Gasteiger partial charge in [0, 0.05) is 18.0 Å². The Hall–Kier alpha value is -0.470. The fourth-order valence-corrected chi connectivity index (χ4v) is 3.89. The van der Waals surface area contributed by atoms with Crippen molar-refractivity contribution < 1.29 is 13.2 Å². The van der Waals surface area contributed by atoms with E-state index in [1.165, 1.54) is 11.3 Å². The van der Waals surface area contributed by atoms with Crippen molar-refractivity contribution in [1.82, 2.24) is 4.72 Å². The molecule has 5 nitrogen and oxygen atoms in total. The van der Waals surface area contributed by atoms with Gasteiger partial charge in [-0.1, -0.05) is 0 Å². The van der Waals surface area contributed by atoms with Crippen LogP contribution in [0.3, 0.4) is 0 Å². The summed E-state index contributed by atoms with van der Waals surface area (Å²) < 4.78 is 32.0. The number of hydrogen-bond donors (Lipinski definition) is 2. The van der Waals surface area contributed by atoms with Crippen molar-refractivity contribution in [2.24, 2.45) is 5.73 Å². The number of nitrogens with two attached hydrogens (primary N) is 1. The second-order valence-corrected chi connectivity index (χ2v) is 7.32. The molecule has 0 radical (unpaired) electrons. The highest BCUT2D eigenvalue weighted by Gasteiger charge is 2.17. The topological polar surface area (TPSA) is 81.4 Å². The molecular formula is C11H20N2O3S2. The second-order valence-electron chi connectivity index (χ2n) is 4.19. The highest BCUT2D eigenvalue weighted by atomic mass is 32.2. The Morgan fingerprint density at radius 1 is 1.50 bits per heavy atom. The lowest BCUT2D eigenvalue weighted by Crippen LogP contribution is -2.27. The van der Waals surface area contributed by atoms with Crippen molar-refractivity contribution in [2.75, 3.05) is 13.2 Å². The number of nitrogens with one attached hydrogen (secondary N) is 1. The van der Waals surface area contributed by atoms with E-state index in [4.69, 9.17) is 10.5 Å². The SMILES string of the molecule is Cc1cc(S(=O)(=O)NCCOC(C)C)sc1CN. The molecule has 3 N–H and O–H groups in total. The molecule has 0 aliphatic rings. The van der Waals surface area contributed by atoms with Crippen LogP contribution in [0.5, 0.6) is 0 Å². The Morgan fingerprint density at radius 3 is 2.67 bits per heavy atom. The van der Waals surface area contributed by atoms with Gasteiger partial charge in [0.2, 0.25) is 10.0 Å². The lowest BCUT2D eigenvalue weighted by molar-refractivity contribution is 0.0834.